The Hall–Kier alpha value is -1.75. The fourth-order valence-electron chi connectivity index (χ4n) is 2.70. The standard InChI is InChI=1S/C17H22ClNO4/c1-3-22-15-8-7-12(10-14(15)18)16(20)19-9-5-6-13(11-19)17(21)23-4-2/h7-8,10,13H,3-6,9,11H2,1-2H3. The van der Waals surface area contributed by atoms with Crippen LogP contribution in [-0.2, 0) is 9.53 Å². The molecule has 23 heavy (non-hydrogen) atoms. The number of likely N-dealkylation sites (tertiary alicyclic amines) is 1. The van der Waals surface area contributed by atoms with E-state index in [1.807, 2.05) is 6.92 Å². The lowest BCUT2D eigenvalue weighted by molar-refractivity contribution is -0.149. The van der Waals surface area contributed by atoms with Crippen LogP contribution < -0.4 is 4.74 Å². The maximum atomic E-state index is 12.6. The first-order valence-corrected chi connectivity index (χ1v) is 8.32. The Morgan fingerprint density at radius 3 is 2.74 bits per heavy atom. The van der Waals surface area contributed by atoms with Gasteiger partial charge in [0.25, 0.3) is 5.91 Å². The molecular weight excluding hydrogens is 318 g/mol. The first-order valence-electron chi connectivity index (χ1n) is 7.95. The summed E-state index contributed by atoms with van der Waals surface area (Å²) in [6.45, 7) is 5.56. The summed E-state index contributed by atoms with van der Waals surface area (Å²) >= 11 is 6.14. The van der Waals surface area contributed by atoms with Gasteiger partial charge in [-0.05, 0) is 44.9 Å². The van der Waals surface area contributed by atoms with Gasteiger partial charge in [-0.1, -0.05) is 11.6 Å². The monoisotopic (exact) mass is 339 g/mol. The summed E-state index contributed by atoms with van der Waals surface area (Å²) in [5.74, 6) is -0.0294. The molecule has 0 bridgehead atoms. The van der Waals surface area contributed by atoms with Crippen LogP contribution in [0.2, 0.25) is 5.02 Å². The van der Waals surface area contributed by atoms with Gasteiger partial charge in [0, 0.05) is 18.7 Å². The molecule has 1 saturated heterocycles. The van der Waals surface area contributed by atoms with Crippen molar-refractivity contribution < 1.29 is 19.1 Å². The van der Waals surface area contributed by atoms with E-state index in [4.69, 9.17) is 21.1 Å². The smallest absolute Gasteiger partial charge is 0.310 e. The minimum atomic E-state index is -0.245. The molecule has 1 unspecified atom stereocenters. The van der Waals surface area contributed by atoms with Crippen molar-refractivity contribution in [3.63, 3.8) is 0 Å². The van der Waals surface area contributed by atoms with Crippen LogP contribution in [0.3, 0.4) is 0 Å². The molecule has 0 saturated carbocycles. The molecule has 1 heterocycles. The van der Waals surface area contributed by atoms with Crippen LogP contribution in [0.1, 0.15) is 37.0 Å². The molecule has 0 radical (unpaired) electrons. The highest BCUT2D eigenvalue weighted by molar-refractivity contribution is 6.32. The summed E-state index contributed by atoms with van der Waals surface area (Å²) < 4.78 is 10.4. The molecule has 1 aliphatic heterocycles. The van der Waals surface area contributed by atoms with Gasteiger partial charge in [0.2, 0.25) is 0 Å². The SMILES string of the molecule is CCOC(=O)C1CCCN(C(=O)c2ccc(OCC)c(Cl)c2)C1. The summed E-state index contributed by atoms with van der Waals surface area (Å²) in [5, 5.41) is 0.414. The molecule has 1 fully saturated rings. The molecule has 0 aliphatic carbocycles. The Bertz CT molecular complexity index is 576. The van der Waals surface area contributed by atoms with E-state index in [0.717, 1.165) is 12.8 Å². The quantitative estimate of drug-likeness (QED) is 0.773. The molecule has 5 nitrogen and oxygen atoms in total. The first kappa shape index (κ1) is 17.6. The molecule has 0 N–H and O–H groups in total. The normalized spacial score (nSPS) is 17.7. The maximum absolute atomic E-state index is 12.6. The highest BCUT2D eigenvalue weighted by Crippen LogP contribution is 2.27. The van der Waals surface area contributed by atoms with Gasteiger partial charge in [-0.3, -0.25) is 9.59 Å². The molecular formula is C17H22ClNO4. The number of nitrogens with zero attached hydrogens (tertiary/aromatic N) is 1. The lowest BCUT2D eigenvalue weighted by Crippen LogP contribution is -2.42. The number of amides is 1. The molecule has 0 aromatic heterocycles. The average Bonchev–Trinajstić information content (AvgIpc) is 2.56. The lowest BCUT2D eigenvalue weighted by atomic mass is 9.97. The third-order valence-electron chi connectivity index (χ3n) is 3.81. The number of rotatable bonds is 5. The molecule has 126 valence electrons. The summed E-state index contributed by atoms with van der Waals surface area (Å²) in [5.41, 5.74) is 0.503. The van der Waals surface area contributed by atoms with Crippen LogP contribution in [0.15, 0.2) is 18.2 Å². The van der Waals surface area contributed by atoms with Crippen molar-refractivity contribution in [1.29, 1.82) is 0 Å². The molecule has 1 amide bonds. The third-order valence-corrected chi connectivity index (χ3v) is 4.10. The zero-order valence-corrected chi connectivity index (χ0v) is 14.3. The number of halogens is 1. The number of ether oxygens (including phenoxy) is 2. The Balaban J connectivity index is 2.07. The fraction of sp³-hybridized carbons (Fsp3) is 0.529. The number of benzene rings is 1. The number of carbonyl (C=O) groups excluding carboxylic acids is 2. The third kappa shape index (κ3) is 4.38. The van der Waals surface area contributed by atoms with E-state index in [-0.39, 0.29) is 17.8 Å². The maximum Gasteiger partial charge on any atom is 0.310 e. The van der Waals surface area contributed by atoms with Crippen LogP contribution in [-0.4, -0.2) is 43.1 Å². The van der Waals surface area contributed by atoms with Crippen LogP contribution >= 0.6 is 11.6 Å². The van der Waals surface area contributed by atoms with Crippen molar-refractivity contribution in [3.8, 4) is 5.75 Å². The molecule has 1 aliphatic rings. The van der Waals surface area contributed by atoms with Gasteiger partial charge in [-0.15, -0.1) is 0 Å². The van der Waals surface area contributed by atoms with E-state index in [1.165, 1.54) is 0 Å². The van der Waals surface area contributed by atoms with Gasteiger partial charge < -0.3 is 14.4 Å². The van der Waals surface area contributed by atoms with Gasteiger partial charge in [0.15, 0.2) is 0 Å². The summed E-state index contributed by atoms with van der Waals surface area (Å²) in [4.78, 5) is 26.2. The van der Waals surface area contributed by atoms with E-state index >= 15 is 0 Å². The molecule has 1 aromatic carbocycles. The molecule has 1 aromatic rings. The van der Waals surface area contributed by atoms with E-state index in [9.17, 15) is 9.59 Å². The summed E-state index contributed by atoms with van der Waals surface area (Å²) in [6, 6.07) is 5.02. The lowest BCUT2D eigenvalue weighted by Gasteiger charge is -2.31. The Labute approximate surface area is 141 Å². The number of esters is 1. The zero-order valence-electron chi connectivity index (χ0n) is 13.5. The van der Waals surface area contributed by atoms with Crippen molar-refractivity contribution in [2.45, 2.75) is 26.7 Å². The van der Waals surface area contributed by atoms with Gasteiger partial charge >= 0.3 is 5.97 Å². The van der Waals surface area contributed by atoms with Crippen LogP contribution in [0, 0.1) is 5.92 Å². The van der Waals surface area contributed by atoms with Gasteiger partial charge in [-0.2, -0.15) is 0 Å². The predicted octanol–water partition coefficient (Wildman–Crippen LogP) is 3.15. The molecule has 6 heteroatoms. The second-order valence-corrected chi connectivity index (χ2v) is 5.83. The Morgan fingerprint density at radius 2 is 2.09 bits per heavy atom. The van der Waals surface area contributed by atoms with E-state index in [0.29, 0.717) is 42.6 Å². The second kappa shape index (κ2) is 8.20. The first-order chi connectivity index (χ1) is 11.1. The van der Waals surface area contributed by atoms with Gasteiger partial charge in [0.1, 0.15) is 5.75 Å². The summed E-state index contributed by atoms with van der Waals surface area (Å²) in [6.07, 6.45) is 1.55. The van der Waals surface area contributed by atoms with E-state index in [2.05, 4.69) is 0 Å². The number of piperidine rings is 1. The minimum Gasteiger partial charge on any atom is -0.492 e. The zero-order chi connectivity index (χ0) is 16.8. The van der Waals surface area contributed by atoms with Crippen molar-refractivity contribution >= 4 is 23.5 Å². The highest BCUT2D eigenvalue weighted by Gasteiger charge is 2.29. The van der Waals surface area contributed by atoms with Gasteiger partial charge in [0.05, 0.1) is 24.2 Å². The second-order valence-electron chi connectivity index (χ2n) is 5.42. The Morgan fingerprint density at radius 1 is 1.30 bits per heavy atom. The molecule has 0 spiro atoms. The molecule has 1 atom stereocenters. The number of hydrogen-bond donors (Lipinski definition) is 0. The van der Waals surface area contributed by atoms with Crippen LogP contribution in [0.4, 0.5) is 0 Å². The van der Waals surface area contributed by atoms with Crippen molar-refractivity contribution in [2.24, 2.45) is 5.92 Å². The topological polar surface area (TPSA) is 55.8 Å². The minimum absolute atomic E-state index is 0.121. The predicted molar refractivity (Wildman–Crippen MR) is 87.9 cm³/mol. The van der Waals surface area contributed by atoms with E-state index < -0.39 is 0 Å². The van der Waals surface area contributed by atoms with E-state index in [1.54, 1.807) is 30.0 Å². The van der Waals surface area contributed by atoms with Crippen LogP contribution in [0.25, 0.3) is 0 Å². The van der Waals surface area contributed by atoms with Crippen LogP contribution in [0.5, 0.6) is 5.75 Å². The number of carbonyl (C=O) groups is 2. The van der Waals surface area contributed by atoms with Crippen molar-refractivity contribution in [2.75, 3.05) is 26.3 Å². The van der Waals surface area contributed by atoms with Crippen molar-refractivity contribution in [1.82, 2.24) is 4.90 Å². The summed E-state index contributed by atoms with van der Waals surface area (Å²) in [7, 11) is 0. The highest BCUT2D eigenvalue weighted by atomic mass is 35.5. The Kier molecular flexibility index (Phi) is 6.28. The largest absolute Gasteiger partial charge is 0.492 e. The molecule has 2 rings (SSSR count). The average molecular weight is 340 g/mol. The fourth-order valence-corrected chi connectivity index (χ4v) is 2.94. The number of hydrogen-bond acceptors (Lipinski definition) is 4. The van der Waals surface area contributed by atoms with Gasteiger partial charge in [-0.25, -0.2) is 0 Å². The van der Waals surface area contributed by atoms with Crippen molar-refractivity contribution in [3.05, 3.63) is 28.8 Å².